The van der Waals surface area contributed by atoms with Crippen LogP contribution in [0.1, 0.15) is 64.7 Å². The summed E-state index contributed by atoms with van der Waals surface area (Å²) in [6.07, 6.45) is 6.51. The van der Waals surface area contributed by atoms with Gasteiger partial charge in [-0.2, -0.15) is 0 Å². The average molecular weight is 813 g/mol. The second-order valence-electron chi connectivity index (χ2n) is 16.4. The first kappa shape index (κ1) is 39.9. The molecule has 5 aliphatic heterocycles. The lowest BCUT2D eigenvalue weighted by Crippen LogP contribution is -2.52. The topological polar surface area (TPSA) is 140 Å². The number of anilines is 1. The van der Waals surface area contributed by atoms with E-state index in [1.54, 1.807) is 35.6 Å². The molecule has 308 valence electrons. The van der Waals surface area contributed by atoms with Crippen molar-refractivity contribution in [1.82, 2.24) is 34.8 Å². The fraction of sp³-hybridized carbons (Fsp3) is 0.512. The third kappa shape index (κ3) is 7.93. The van der Waals surface area contributed by atoms with Crippen LogP contribution in [0.5, 0.6) is 5.75 Å². The minimum absolute atomic E-state index is 0.0944. The number of aryl methyl sites for hydroxylation is 1. The van der Waals surface area contributed by atoms with Crippen molar-refractivity contribution in [1.29, 1.82) is 0 Å². The smallest absolute Gasteiger partial charge is 0.317 e. The molecule has 3 saturated heterocycles. The van der Waals surface area contributed by atoms with Crippen molar-refractivity contribution in [2.45, 2.75) is 64.2 Å². The van der Waals surface area contributed by atoms with E-state index in [1.165, 1.54) is 6.42 Å². The van der Waals surface area contributed by atoms with Gasteiger partial charge in [-0.25, -0.2) is 4.79 Å². The van der Waals surface area contributed by atoms with Crippen LogP contribution in [0.4, 0.5) is 10.5 Å². The van der Waals surface area contributed by atoms with E-state index in [-0.39, 0.29) is 42.3 Å². The number of carbonyl (C=O) groups is 4. The molecule has 6 heterocycles. The number of nitrogens with one attached hydrogen (secondary N) is 2. The van der Waals surface area contributed by atoms with Gasteiger partial charge in [0, 0.05) is 105 Å². The third-order valence-electron chi connectivity index (χ3n) is 12.9. The maximum absolute atomic E-state index is 13.1. The van der Waals surface area contributed by atoms with Gasteiger partial charge in [0.1, 0.15) is 11.8 Å². The molecule has 5 aliphatic rings. The molecular formula is C43H53ClN8O6. The number of rotatable bonds is 9. The monoisotopic (exact) mass is 812 g/mol. The number of aromatic nitrogens is 1. The first-order chi connectivity index (χ1) is 28.0. The largest absolute Gasteiger partial charge is 0.496 e. The number of benzene rings is 2. The van der Waals surface area contributed by atoms with Gasteiger partial charge in [0.2, 0.25) is 11.8 Å². The number of pyridine rings is 1. The Bertz CT molecular complexity index is 2180. The molecule has 14 nitrogen and oxygen atoms in total. The van der Waals surface area contributed by atoms with Gasteiger partial charge in [-0.15, -0.1) is 0 Å². The van der Waals surface area contributed by atoms with E-state index in [4.69, 9.17) is 16.3 Å². The molecule has 1 unspecified atom stereocenters. The number of piperidine rings is 2. The molecule has 0 bridgehead atoms. The van der Waals surface area contributed by atoms with Crippen molar-refractivity contribution in [2.24, 2.45) is 13.0 Å². The summed E-state index contributed by atoms with van der Waals surface area (Å²) < 4.78 is 7.51. The summed E-state index contributed by atoms with van der Waals surface area (Å²) in [5.74, 6) is 0.604. The normalized spacial score (nSPS) is 20.6. The first-order valence-corrected chi connectivity index (χ1v) is 20.9. The first-order valence-electron chi connectivity index (χ1n) is 20.5. The fourth-order valence-corrected chi connectivity index (χ4v) is 9.76. The number of imide groups is 1. The molecule has 2 N–H and O–H groups in total. The molecule has 58 heavy (non-hydrogen) atoms. The summed E-state index contributed by atoms with van der Waals surface area (Å²) in [5.41, 5.74) is 6.99. The second kappa shape index (κ2) is 16.7. The number of fused-ring (bicyclic) bond motifs is 2. The van der Waals surface area contributed by atoms with E-state index in [9.17, 15) is 24.0 Å². The Balaban J connectivity index is 0.819. The van der Waals surface area contributed by atoms with Gasteiger partial charge in [-0.3, -0.25) is 34.3 Å². The molecule has 3 fully saturated rings. The lowest BCUT2D eigenvalue weighted by Gasteiger charge is -2.38. The number of amides is 5. The van der Waals surface area contributed by atoms with Crippen LogP contribution in [0, 0.1) is 5.92 Å². The zero-order valence-electron chi connectivity index (χ0n) is 33.7. The van der Waals surface area contributed by atoms with Crippen LogP contribution in [0.15, 0.2) is 41.3 Å². The number of methoxy groups -OCH3 is 1. The van der Waals surface area contributed by atoms with E-state index >= 15 is 0 Å². The number of nitrogens with zero attached hydrogens (tertiary/aromatic N) is 6. The van der Waals surface area contributed by atoms with Crippen molar-refractivity contribution in [3.8, 4) is 16.9 Å². The zero-order chi connectivity index (χ0) is 40.7. The number of hydrogen-bond acceptors (Lipinski definition) is 9. The van der Waals surface area contributed by atoms with Crippen molar-refractivity contribution < 1.29 is 23.9 Å². The van der Waals surface area contributed by atoms with Crippen molar-refractivity contribution in [3.63, 3.8) is 0 Å². The van der Waals surface area contributed by atoms with Crippen LogP contribution >= 0.6 is 11.6 Å². The number of hydrogen-bond donors (Lipinski definition) is 2. The van der Waals surface area contributed by atoms with Gasteiger partial charge in [0.15, 0.2) is 0 Å². The van der Waals surface area contributed by atoms with E-state index in [1.807, 2.05) is 30.5 Å². The van der Waals surface area contributed by atoms with E-state index in [2.05, 4.69) is 31.4 Å². The number of halogens is 1. The number of likely N-dealkylation sites (tertiary alicyclic amines) is 1. The van der Waals surface area contributed by atoms with Crippen LogP contribution in [0.25, 0.3) is 11.1 Å². The van der Waals surface area contributed by atoms with Gasteiger partial charge in [-0.05, 0) is 105 Å². The molecule has 1 atom stereocenters. The quantitative estimate of drug-likeness (QED) is 0.311. The van der Waals surface area contributed by atoms with Crippen molar-refractivity contribution >= 4 is 41.0 Å². The Hall–Kier alpha value is -4.92. The number of ether oxygens (including phenoxy) is 1. The molecule has 15 heteroatoms. The highest BCUT2D eigenvalue weighted by Gasteiger charge is 2.39. The molecule has 1 aromatic heterocycles. The number of carbonyl (C=O) groups excluding carboxylic acids is 4. The van der Waals surface area contributed by atoms with Crippen LogP contribution in [0.2, 0.25) is 5.02 Å². The predicted molar refractivity (Wildman–Crippen MR) is 221 cm³/mol. The standard InChI is InChI=1S/C43H53ClN8O6/c1-45-43(57)51-15-11-32-33(24-47(2)41(55)34(32)26-51)28-21-36(44)35(38(22-28)58-3)25-49-13-9-27(10-14-49)8-12-48-16-18-50(19-17-48)30-4-5-31-29(20-30)23-52(42(31)56)37-6-7-39(53)46-40(37)54/h4-5,20-22,24,27,37H,6-19,23,25-26H2,1-3H3,(H,45,57)(H,46,53,54). The summed E-state index contributed by atoms with van der Waals surface area (Å²) in [4.78, 5) is 73.4. The Morgan fingerprint density at radius 1 is 0.897 bits per heavy atom. The minimum Gasteiger partial charge on any atom is -0.496 e. The highest BCUT2D eigenvalue weighted by atomic mass is 35.5. The van der Waals surface area contributed by atoms with E-state index < -0.39 is 6.04 Å². The lowest BCUT2D eigenvalue weighted by atomic mass is 9.91. The van der Waals surface area contributed by atoms with Crippen molar-refractivity contribution in [2.75, 3.05) is 71.4 Å². The van der Waals surface area contributed by atoms with Gasteiger partial charge in [-0.1, -0.05) is 11.6 Å². The summed E-state index contributed by atoms with van der Waals surface area (Å²) in [7, 11) is 5.02. The van der Waals surface area contributed by atoms with Gasteiger partial charge in [0.05, 0.1) is 13.7 Å². The molecular weight excluding hydrogens is 760 g/mol. The predicted octanol–water partition coefficient (Wildman–Crippen LogP) is 3.60. The van der Waals surface area contributed by atoms with E-state index in [0.29, 0.717) is 54.5 Å². The molecule has 8 rings (SSSR count). The Labute approximate surface area is 344 Å². The molecule has 0 saturated carbocycles. The van der Waals surface area contributed by atoms with Crippen LogP contribution in [-0.2, 0) is 42.7 Å². The summed E-state index contributed by atoms with van der Waals surface area (Å²) in [6, 6.07) is 9.24. The molecule has 0 aliphatic carbocycles. The van der Waals surface area contributed by atoms with Crippen LogP contribution in [-0.4, -0.2) is 120 Å². The average Bonchev–Trinajstić information content (AvgIpc) is 3.56. The molecule has 3 aromatic rings. The Morgan fingerprint density at radius 2 is 1.67 bits per heavy atom. The summed E-state index contributed by atoms with van der Waals surface area (Å²) in [5, 5.41) is 5.69. The van der Waals surface area contributed by atoms with E-state index in [0.717, 1.165) is 97.9 Å². The molecule has 5 amide bonds. The number of piperazine rings is 1. The highest BCUT2D eigenvalue weighted by molar-refractivity contribution is 6.32. The summed E-state index contributed by atoms with van der Waals surface area (Å²) in [6.45, 7) is 8.78. The number of urea groups is 1. The minimum atomic E-state index is -0.602. The zero-order valence-corrected chi connectivity index (χ0v) is 34.4. The molecule has 0 spiro atoms. The SMILES string of the molecule is CNC(=O)N1CCc2c(-c3cc(Cl)c(CN4CCC(CCN5CCN(c6ccc7c(c6)CN(C6CCC(=O)NC6=O)C7=O)CC5)CC4)c(OC)c3)cn(C)c(=O)c2C1. The highest BCUT2D eigenvalue weighted by Crippen LogP contribution is 2.38. The van der Waals surface area contributed by atoms with Gasteiger partial charge >= 0.3 is 6.03 Å². The summed E-state index contributed by atoms with van der Waals surface area (Å²) >= 11 is 7.03. The molecule has 2 aromatic carbocycles. The Kier molecular flexibility index (Phi) is 11.5. The van der Waals surface area contributed by atoms with Gasteiger partial charge in [0.25, 0.3) is 11.5 Å². The second-order valence-corrected chi connectivity index (χ2v) is 16.8. The maximum atomic E-state index is 13.1. The fourth-order valence-electron chi connectivity index (χ4n) is 9.49. The third-order valence-corrected chi connectivity index (χ3v) is 13.3. The van der Waals surface area contributed by atoms with Crippen molar-refractivity contribution in [3.05, 3.63) is 79.7 Å². The van der Waals surface area contributed by atoms with Crippen LogP contribution in [0.3, 0.4) is 0 Å². The maximum Gasteiger partial charge on any atom is 0.317 e. The van der Waals surface area contributed by atoms with Gasteiger partial charge < -0.3 is 29.3 Å². The molecule has 0 radical (unpaired) electrons. The lowest BCUT2D eigenvalue weighted by molar-refractivity contribution is -0.136. The van der Waals surface area contributed by atoms with Crippen LogP contribution < -0.4 is 25.8 Å². The Morgan fingerprint density at radius 3 is 2.40 bits per heavy atom.